The first-order valence-corrected chi connectivity index (χ1v) is 8.07. The molecule has 72 valence electrons. The van der Waals surface area contributed by atoms with Crippen LogP contribution in [0, 0.1) is 11.8 Å². The zero-order valence-corrected chi connectivity index (χ0v) is 9.55. The van der Waals surface area contributed by atoms with E-state index in [1.54, 1.807) is 0 Å². The molecule has 2 N–H and O–H groups in total. The maximum atomic E-state index is 10.3. The fourth-order valence-electron chi connectivity index (χ4n) is 0.692. The van der Waals surface area contributed by atoms with Gasteiger partial charge in [-0.25, -0.2) is 0 Å². The molecule has 0 aliphatic heterocycles. The smallest absolute Gasteiger partial charge is 0.242 e. The summed E-state index contributed by atoms with van der Waals surface area (Å²) in [7, 11) is -0.957. The molecule has 0 spiro atoms. The number of allylic oxidation sites excluding steroid dienone is 1. The number of carbonyl (C=O) groups excluding carboxylic acids is 1. The molecule has 0 saturated heterocycles. The zero-order valence-electron chi connectivity index (χ0n) is 8.55. The van der Waals surface area contributed by atoms with Crippen LogP contribution in [0.2, 0.25) is 25.7 Å². The molecular formula is C10H17NOSi. The van der Waals surface area contributed by atoms with Crippen molar-refractivity contribution >= 4 is 14.0 Å². The van der Waals surface area contributed by atoms with E-state index in [1.165, 1.54) is 18.2 Å². The molecule has 3 heteroatoms. The quantitative estimate of drug-likeness (QED) is 0.416. The Hall–Kier alpha value is -1.01. The molecule has 2 nitrogen and oxygen atoms in total. The minimum Gasteiger partial charge on any atom is -0.366 e. The first-order chi connectivity index (χ1) is 5.92. The van der Waals surface area contributed by atoms with E-state index in [1.807, 2.05) is 0 Å². The maximum absolute atomic E-state index is 10.3. The minimum absolute atomic E-state index is 0.445. The lowest BCUT2D eigenvalue weighted by Crippen LogP contribution is -2.18. The average molecular weight is 195 g/mol. The number of rotatable bonds is 3. The second-order valence-corrected chi connectivity index (χ2v) is 9.74. The lowest BCUT2D eigenvalue weighted by molar-refractivity contribution is -0.113. The highest BCUT2D eigenvalue weighted by atomic mass is 28.3. The molecule has 0 aliphatic rings. The molecule has 0 radical (unpaired) electrons. The summed E-state index contributed by atoms with van der Waals surface area (Å²) in [5.74, 6) is 5.32. The largest absolute Gasteiger partial charge is 0.366 e. The van der Waals surface area contributed by atoms with Gasteiger partial charge in [-0.3, -0.25) is 4.79 Å². The van der Waals surface area contributed by atoms with E-state index in [9.17, 15) is 4.79 Å². The van der Waals surface area contributed by atoms with Crippen LogP contribution in [0.15, 0.2) is 12.2 Å². The van der Waals surface area contributed by atoms with E-state index in [0.717, 1.165) is 6.42 Å². The number of primary amides is 1. The Morgan fingerprint density at radius 2 is 2.08 bits per heavy atom. The van der Waals surface area contributed by atoms with Crippen LogP contribution >= 0.6 is 0 Å². The number of hydrogen-bond donors (Lipinski definition) is 1. The fourth-order valence-corrected chi connectivity index (χ4v) is 1.57. The highest BCUT2D eigenvalue weighted by Crippen LogP contribution is 2.09. The van der Waals surface area contributed by atoms with Gasteiger partial charge in [-0.15, -0.1) is 0 Å². The van der Waals surface area contributed by atoms with E-state index < -0.39 is 14.0 Å². The van der Waals surface area contributed by atoms with Gasteiger partial charge in [0.15, 0.2) is 0 Å². The van der Waals surface area contributed by atoms with Gasteiger partial charge in [0.2, 0.25) is 5.91 Å². The van der Waals surface area contributed by atoms with E-state index in [-0.39, 0.29) is 0 Å². The van der Waals surface area contributed by atoms with E-state index in [2.05, 4.69) is 31.5 Å². The van der Waals surface area contributed by atoms with Crippen molar-refractivity contribution in [2.45, 2.75) is 32.1 Å². The van der Waals surface area contributed by atoms with Gasteiger partial charge in [0, 0.05) is 20.6 Å². The van der Waals surface area contributed by atoms with Gasteiger partial charge in [0.05, 0.1) is 0 Å². The van der Waals surface area contributed by atoms with Gasteiger partial charge >= 0.3 is 0 Å². The summed E-state index contributed by atoms with van der Waals surface area (Å²) in [6, 6.07) is 1.20. The number of hydrogen-bond acceptors (Lipinski definition) is 1. The molecular weight excluding hydrogens is 178 g/mol. The Bertz CT molecular complexity index is 252. The van der Waals surface area contributed by atoms with Crippen molar-refractivity contribution in [3.8, 4) is 11.8 Å². The predicted octanol–water partition coefficient (Wildman–Crippen LogP) is 1.76. The monoisotopic (exact) mass is 195 g/mol. The lowest BCUT2D eigenvalue weighted by Gasteiger charge is -2.12. The summed E-state index contributed by atoms with van der Waals surface area (Å²) in [5, 5.41) is 0. The third kappa shape index (κ3) is 11.0. The molecule has 0 aromatic rings. The summed E-state index contributed by atoms with van der Waals surface area (Å²) in [5.41, 5.74) is 4.89. The molecule has 0 fully saturated rings. The van der Waals surface area contributed by atoms with Crippen molar-refractivity contribution in [3.63, 3.8) is 0 Å². The van der Waals surface area contributed by atoms with Crippen LogP contribution < -0.4 is 5.73 Å². The molecule has 0 saturated carbocycles. The lowest BCUT2D eigenvalue weighted by atomic mass is 10.4. The molecule has 0 unspecified atom stereocenters. The molecule has 13 heavy (non-hydrogen) atoms. The molecule has 0 atom stereocenters. The van der Waals surface area contributed by atoms with Crippen LogP contribution in [0.1, 0.15) is 6.42 Å². The van der Waals surface area contributed by atoms with Gasteiger partial charge in [-0.1, -0.05) is 31.5 Å². The zero-order chi connectivity index (χ0) is 10.3. The van der Waals surface area contributed by atoms with Crippen molar-refractivity contribution in [3.05, 3.63) is 12.2 Å². The normalized spacial score (nSPS) is 11.0. The Kier molecular flexibility index (Phi) is 5.16. The predicted molar refractivity (Wildman–Crippen MR) is 58.9 cm³/mol. The van der Waals surface area contributed by atoms with Crippen LogP contribution in [0.4, 0.5) is 0 Å². The molecule has 0 aromatic heterocycles. The summed E-state index contributed by atoms with van der Waals surface area (Å²) in [6.45, 7) is 6.94. The Balaban J connectivity index is 3.70. The second-order valence-electron chi connectivity index (χ2n) is 4.12. The van der Waals surface area contributed by atoms with Crippen LogP contribution in [-0.4, -0.2) is 14.0 Å². The molecule has 0 bridgehead atoms. The molecule has 0 aromatic carbocycles. The standard InChI is InChI=1S/C10H17NOSi/c1-13(2,3)9-7-5-4-6-8-10(11)12/h6,8H,7,9H2,1-3H3,(H2,11,12). The molecule has 1 amide bonds. The number of nitrogens with two attached hydrogens (primary N) is 1. The van der Waals surface area contributed by atoms with Crippen molar-refractivity contribution in [2.24, 2.45) is 5.73 Å². The summed E-state index contributed by atoms with van der Waals surface area (Å²) in [4.78, 5) is 10.3. The van der Waals surface area contributed by atoms with Crippen molar-refractivity contribution in [2.75, 3.05) is 0 Å². The van der Waals surface area contributed by atoms with Crippen molar-refractivity contribution < 1.29 is 4.79 Å². The van der Waals surface area contributed by atoms with Gasteiger partial charge in [-0.05, 0) is 12.1 Å². The highest BCUT2D eigenvalue weighted by Gasteiger charge is 2.10. The van der Waals surface area contributed by atoms with Gasteiger partial charge in [0.25, 0.3) is 0 Å². The van der Waals surface area contributed by atoms with E-state index in [0.29, 0.717) is 0 Å². The third-order valence-corrected chi connectivity index (χ3v) is 3.18. The Labute approximate surface area is 81.2 Å². The highest BCUT2D eigenvalue weighted by molar-refractivity contribution is 6.76. The van der Waals surface area contributed by atoms with Gasteiger partial charge < -0.3 is 5.73 Å². The van der Waals surface area contributed by atoms with Crippen molar-refractivity contribution in [1.29, 1.82) is 0 Å². The Morgan fingerprint density at radius 1 is 1.46 bits per heavy atom. The van der Waals surface area contributed by atoms with Gasteiger partial charge in [-0.2, -0.15) is 0 Å². The maximum Gasteiger partial charge on any atom is 0.242 e. The average Bonchev–Trinajstić information content (AvgIpc) is 1.93. The topological polar surface area (TPSA) is 43.1 Å². The van der Waals surface area contributed by atoms with Crippen LogP contribution in [0.3, 0.4) is 0 Å². The Morgan fingerprint density at radius 3 is 2.54 bits per heavy atom. The van der Waals surface area contributed by atoms with Gasteiger partial charge in [0.1, 0.15) is 0 Å². The first-order valence-electron chi connectivity index (χ1n) is 4.36. The molecule has 0 rings (SSSR count). The van der Waals surface area contributed by atoms with E-state index >= 15 is 0 Å². The fraction of sp³-hybridized carbons (Fsp3) is 0.500. The number of amides is 1. The molecule has 0 aliphatic carbocycles. The molecule has 0 heterocycles. The third-order valence-electron chi connectivity index (χ3n) is 1.43. The SMILES string of the molecule is C[Si](C)(C)CCC#CC=CC(N)=O. The second kappa shape index (κ2) is 5.60. The first kappa shape index (κ1) is 12.0. The summed E-state index contributed by atoms with van der Waals surface area (Å²) < 4.78 is 0. The van der Waals surface area contributed by atoms with E-state index in [4.69, 9.17) is 5.73 Å². The summed E-state index contributed by atoms with van der Waals surface area (Å²) in [6.07, 6.45) is 3.70. The van der Waals surface area contributed by atoms with Crippen LogP contribution in [0.5, 0.6) is 0 Å². The summed E-state index contributed by atoms with van der Waals surface area (Å²) >= 11 is 0. The number of carbonyl (C=O) groups is 1. The van der Waals surface area contributed by atoms with Crippen LogP contribution in [0.25, 0.3) is 0 Å². The van der Waals surface area contributed by atoms with Crippen molar-refractivity contribution in [1.82, 2.24) is 0 Å². The minimum atomic E-state index is -0.957. The van der Waals surface area contributed by atoms with Crippen LogP contribution in [-0.2, 0) is 4.79 Å².